The van der Waals surface area contributed by atoms with Gasteiger partial charge in [-0.25, -0.2) is 4.98 Å². The fourth-order valence-electron chi connectivity index (χ4n) is 1.96. The first-order valence-corrected chi connectivity index (χ1v) is 7.43. The first-order chi connectivity index (χ1) is 9.87. The van der Waals surface area contributed by atoms with Crippen LogP contribution in [0.15, 0.2) is 24.8 Å². The summed E-state index contributed by atoms with van der Waals surface area (Å²) in [6.45, 7) is 15.5. The second kappa shape index (κ2) is 8.15. The van der Waals surface area contributed by atoms with Gasteiger partial charge >= 0.3 is 0 Å². The van der Waals surface area contributed by atoms with Crippen LogP contribution in [0.4, 0.5) is 5.82 Å². The van der Waals surface area contributed by atoms with Crippen molar-refractivity contribution < 1.29 is 4.74 Å². The van der Waals surface area contributed by atoms with Crippen molar-refractivity contribution in [1.82, 2.24) is 10.3 Å². The summed E-state index contributed by atoms with van der Waals surface area (Å²) >= 11 is 0. The molecule has 0 bridgehead atoms. The lowest BCUT2D eigenvalue weighted by atomic mass is 10.1. The molecule has 1 aromatic rings. The summed E-state index contributed by atoms with van der Waals surface area (Å²) in [6.07, 6.45) is 1.89. The Hall–Kier alpha value is -1.39. The van der Waals surface area contributed by atoms with Crippen LogP contribution < -0.4 is 10.2 Å². The number of nitrogens with zero attached hydrogens (tertiary/aromatic N) is 2. The highest BCUT2D eigenvalue weighted by Crippen LogP contribution is 2.15. The lowest BCUT2D eigenvalue weighted by molar-refractivity contribution is 0.205. The molecule has 0 atom stereocenters. The van der Waals surface area contributed by atoms with Crippen LogP contribution in [-0.4, -0.2) is 37.3 Å². The maximum absolute atomic E-state index is 5.16. The molecule has 1 rings (SSSR count). The molecule has 0 saturated carbocycles. The molecule has 0 aliphatic rings. The van der Waals surface area contributed by atoms with E-state index in [9.17, 15) is 0 Å². The number of hydrogen-bond donors (Lipinski definition) is 1. The third-order valence-corrected chi connectivity index (χ3v) is 3.23. The van der Waals surface area contributed by atoms with E-state index in [1.807, 2.05) is 6.08 Å². The van der Waals surface area contributed by atoms with Gasteiger partial charge in [0.15, 0.2) is 0 Å². The van der Waals surface area contributed by atoms with Crippen molar-refractivity contribution in [3.05, 3.63) is 36.0 Å². The second-order valence-corrected chi connectivity index (χ2v) is 6.25. The minimum Gasteiger partial charge on any atom is -0.383 e. The van der Waals surface area contributed by atoms with E-state index in [0.29, 0.717) is 6.61 Å². The number of nitrogens with one attached hydrogen (secondary N) is 1. The molecule has 0 unspecified atom stereocenters. The van der Waals surface area contributed by atoms with Gasteiger partial charge in [-0.15, -0.1) is 6.58 Å². The van der Waals surface area contributed by atoms with Crippen molar-refractivity contribution in [3.8, 4) is 0 Å². The van der Waals surface area contributed by atoms with E-state index in [1.54, 1.807) is 7.11 Å². The summed E-state index contributed by atoms with van der Waals surface area (Å²) in [5, 5.41) is 3.50. The summed E-state index contributed by atoms with van der Waals surface area (Å²) in [6, 6.07) is 4.23. The molecule has 0 radical (unpaired) electrons. The van der Waals surface area contributed by atoms with Gasteiger partial charge in [-0.1, -0.05) is 12.1 Å². The number of aryl methyl sites for hydroxylation is 1. The fourth-order valence-corrected chi connectivity index (χ4v) is 1.96. The van der Waals surface area contributed by atoms with E-state index in [-0.39, 0.29) is 5.54 Å². The number of rotatable bonds is 8. The van der Waals surface area contributed by atoms with Gasteiger partial charge in [0, 0.05) is 38.0 Å². The molecule has 4 heteroatoms. The van der Waals surface area contributed by atoms with Gasteiger partial charge in [0.1, 0.15) is 5.82 Å². The topological polar surface area (TPSA) is 37.4 Å². The van der Waals surface area contributed by atoms with Gasteiger partial charge in [-0.3, -0.25) is 0 Å². The van der Waals surface area contributed by atoms with E-state index in [4.69, 9.17) is 9.72 Å². The smallest absolute Gasteiger partial charge is 0.129 e. The van der Waals surface area contributed by atoms with Gasteiger partial charge in [-0.05, 0) is 39.3 Å². The van der Waals surface area contributed by atoms with Gasteiger partial charge in [-0.2, -0.15) is 0 Å². The highest BCUT2D eigenvalue weighted by molar-refractivity contribution is 5.42. The van der Waals surface area contributed by atoms with E-state index < -0.39 is 0 Å². The van der Waals surface area contributed by atoms with Gasteiger partial charge < -0.3 is 15.0 Å². The summed E-state index contributed by atoms with van der Waals surface area (Å²) in [5.41, 5.74) is 2.41. The molecule has 1 N–H and O–H groups in total. The zero-order valence-electron chi connectivity index (χ0n) is 14.1. The lowest BCUT2D eigenvalue weighted by Crippen LogP contribution is -2.35. The predicted molar refractivity (Wildman–Crippen MR) is 89.9 cm³/mol. The molecular formula is C17H29N3O. The van der Waals surface area contributed by atoms with Crippen LogP contribution in [0.5, 0.6) is 0 Å². The third-order valence-electron chi connectivity index (χ3n) is 3.23. The quantitative estimate of drug-likeness (QED) is 0.747. The first kappa shape index (κ1) is 17.7. The number of ether oxygens (including phenoxy) is 1. The van der Waals surface area contributed by atoms with Crippen molar-refractivity contribution in [2.24, 2.45) is 0 Å². The Balaban J connectivity index is 2.81. The SMILES string of the molecule is C=CCN(CCOC)c1ccc(CNC(C)(C)C)c(C)n1. The fraction of sp³-hybridized carbons (Fsp3) is 0.588. The minimum atomic E-state index is 0.110. The average Bonchev–Trinajstić information content (AvgIpc) is 2.41. The summed E-state index contributed by atoms with van der Waals surface area (Å²) < 4.78 is 5.16. The molecule has 0 aliphatic carbocycles. The number of anilines is 1. The molecule has 118 valence electrons. The Bertz CT molecular complexity index is 452. The zero-order chi connectivity index (χ0) is 15.9. The second-order valence-electron chi connectivity index (χ2n) is 6.25. The lowest BCUT2D eigenvalue weighted by Gasteiger charge is -2.24. The first-order valence-electron chi connectivity index (χ1n) is 7.43. The number of pyridine rings is 1. The van der Waals surface area contributed by atoms with Crippen LogP contribution in [0.2, 0.25) is 0 Å². The maximum Gasteiger partial charge on any atom is 0.129 e. The monoisotopic (exact) mass is 291 g/mol. The third kappa shape index (κ3) is 6.27. The molecule has 21 heavy (non-hydrogen) atoms. The molecule has 4 nitrogen and oxygen atoms in total. The van der Waals surface area contributed by atoms with Crippen LogP contribution in [0.25, 0.3) is 0 Å². The van der Waals surface area contributed by atoms with E-state index in [1.165, 1.54) is 5.56 Å². The Morgan fingerprint density at radius 1 is 1.38 bits per heavy atom. The normalized spacial score (nSPS) is 11.5. The number of aromatic nitrogens is 1. The zero-order valence-corrected chi connectivity index (χ0v) is 14.1. The Labute approximate surface area is 129 Å². The molecule has 0 fully saturated rings. The predicted octanol–water partition coefficient (Wildman–Crippen LogP) is 2.92. The van der Waals surface area contributed by atoms with Crippen molar-refractivity contribution in [2.45, 2.75) is 39.8 Å². The summed E-state index contributed by atoms with van der Waals surface area (Å²) in [5.74, 6) is 0.976. The van der Waals surface area contributed by atoms with Crippen molar-refractivity contribution in [2.75, 3.05) is 31.7 Å². The molecule has 1 heterocycles. The molecule has 0 aliphatic heterocycles. The molecular weight excluding hydrogens is 262 g/mol. The number of methoxy groups -OCH3 is 1. The highest BCUT2D eigenvalue weighted by Gasteiger charge is 2.12. The largest absolute Gasteiger partial charge is 0.383 e. The van der Waals surface area contributed by atoms with E-state index in [2.05, 4.69) is 56.6 Å². The van der Waals surface area contributed by atoms with E-state index >= 15 is 0 Å². The molecule has 0 amide bonds. The molecule has 0 saturated heterocycles. The Morgan fingerprint density at radius 2 is 2.10 bits per heavy atom. The van der Waals surface area contributed by atoms with Gasteiger partial charge in [0.25, 0.3) is 0 Å². The summed E-state index contributed by atoms with van der Waals surface area (Å²) in [7, 11) is 1.71. The van der Waals surface area contributed by atoms with Crippen LogP contribution >= 0.6 is 0 Å². The van der Waals surface area contributed by atoms with Crippen molar-refractivity contribution >= 4 is 5.82 Å². The van der Waals surface area contributed by atoms with Crippen molar-refractivity contribution in [1.29, 1.82) is 0 Å². The Morgan fingerprint density at radius 3 is 2.62 bits per heavy atom. The van der Waals surface area contributed by atoms with Gasteiger partial charge in [0.05, 0.1) is 6.61 Å². The van der Waals surface area contributed by atoms with Crippen LogP contribution in [-0.2, 0) is 11.3 Å². The molecule has 0 aromatic carbocycles. The highest BCUT2D eigenvalue weighted by atomic mass is 16.5. The summed E-state index contributed by atoms with van der Waals surface area (Å²) in [4.78, 5) is 6.90. The van der Waals surface area contributed by atoms with Crippen LogP contribution in [0.1, 0.15) is 32.0 Å². The maximum atomic E-state index is 5.16. The standard InChI is InChI=1S/C17H29N3O/c1-7-10-20(11-12-21-6)16-9-8-15(14(2)19-16)13-18-17(3,4)5/h7-9,18H,1,10-13H2,2-6H3. The molecule has 0 spiro atoms. The molecule has 1 aromatic heterocycles. The van der Waals surface area contributed by atoms with Gasteiger partial charge in [0.2, 0.25) is 0 Å². The van der Waals surface area contributed by atoms with E-state index in [0.717, 1.165) is 31.1 Å². The average molecular weight is 291 g/mol. The van der Waals surface area contributed by atoms with Crippen LogP contribution in [0.3, 0.4) is 0 Å². The number of hydrogen-bond acceptors (Lipinski definition) is 4. The minimum absolute atomic E-state index is 0.110. The van der Waals surface area contributed by atoms with Crippen LogP contribution in [0, 0.1) is 6.92 Å². The van der Waals surface area contributed by atoms with Crippen molar-refractivity contribution in [3.63, 3.8) is 0 Å². The Kier molecular flexibility index (Phi) is 6.85.